The van der Waals surface area contributed by atoms with Gasteiger partial charge in [-0.25, -0.2) is 9.18 Å². The Balaban J connectivity index is 1.44. The normalized spacial score (nSPS) is 19.6. The van der Waals surface area contributed by atoms with Crippen molar-refractivity contribution < 1.29 is 18.7 Å². The molecule has 8 heteroatoms. The minimum Gasteiger partial charge on any atom is -0.378 e. The Kier molecular flexibility index (Phi) is 6.63. The molecule has 2 heterocycles. The molecule has 2 saturated heterocycles. The number of hydrogen-bond donors (Lipinski definition) is 1. The number of ether oxygens (including phenoxy) is 1. The number of piperazine rings is 1. The summed E-state index contributed by atoms with van der Waals surface area (Å²) in [5, 5.41) is 2.80. The van der Waals surface area contributed by atoms with Crippen molar-refractivity contribution in [3.05, 3.63) is 35.6 Å². The molecule has 3 rings (SSSR count). The zero-order chi connectivity index (χ0) is 19.2. The Bertz CT molecular complexity index is 658. The number of carbonyl (C=O) groups excluding carboxylic acids is 2. The van der Waals surface area contributed by atoms with Crippen molar-refractivity contribution in [2.75, 3.05) is 52.5 Å². The number of rotatable bonds is 4. The molecular formula is C19H27FN4O3. The predicted molar refractivity (Wildman–Crippen MR) is 98.6 cm³/mol. The molecule has 27 heavy (non-hydrogen) atoms. The van der Waals surface area contributed by atoms with Crippen LogP contribution in [0, 0.1) is 5.82 Å². The summed E-state index contributed by atoms with van der Waals surface area (Å²) in [5.74, 6) is -0.452. The Morgan fingerprint density at radius 1 is 1.07 bits per heavy atom. The van der Waals surface area contributed by atoms with Crippen LogP contribution in [0.3, 0.4) is 0 Å². The van der Waals surface area contributed by atoms with Crippen molar-refractivity contribution in [1.29, 1.82) is 0 Å². The van der Waals surface area contributed by atoms with Crippen LogP contribution < -0.4 is 5.32 Å². The molecule has 1 atom stereocenters. The van der Waals surface area contributed by atoms with E-state index >= 15 is 0 Å². The van der Waals surface area contributed by atoms with Gasteiger partial charge in [0.05, 0.1) is 19.3 Å². The monoisotopic (exact) mass is 378 g/mol. The predicted octanol–water partition coefficient (Wildman–Crippen LogP) is 0.900. The molecule has 0 bridgehead atoms. The number of morpholine rings is 1. The molecule has 1 unspecified atom stereocenters. The Morgan fingerprint density at radius 3 is 2.37 bits per heavy atom. The smallest absolute Gasteiger partial charge is 0.320 e. The van der Waals surface area contributed by atoms with Gasteiger partial charge in [-0.2, -0.15) is 0 Å². The van der Waals surface area contributed by atoms with Crippen LogP contribution in [0.5, 0.6) is 0 Å². The standard InChI is InChI=1S/C19H27FN4O3/c1-15(18(25)21-14-16-4-2-3-5-17(16)20)22-6-8-23(9-7-22)19(26)24-10-12-27-13-11-24/h2-5,15H,6-14H2,1H3,(H,21,25). The highest BCUT2D eigenvalue weighted by Gasteiger charge is 2.29. The van der Waals surface area contributed by atoms with E-state index in [1.807, 2.05) is 16.7 Å². The third-order valence-corrected chi connectivity index (χ3v) is 5.20. The summed E-state index contributed by atoms with van der Waals surface area (Å²) in [7, 11) is 0. The molecule has 0 aromatic heterocycles. The fourth-order valence-corrected chi connectivity index (χ4v) is 3.39. The van der Waals surface area contributed by atoms with Crippen LogP contribution in [-0.4, -0.2) is 85.2 Å². The van der Waals surface area contributed by atoms with Crippen molar-refractivity contribution >= 4 is 11.9 Å². The summed E-state index contributed by atoms with van der Waals surface area (Å²) in [6.07, 6.45) is 0. The lowest BCUT2D eigenvalue weighted by Gasteiger charge is -2.40. The maximum atomic E-state index is 13.7. The third-order valence-electron chi connectivity index (χ3n) is 5.20. The van der Waals surface area contributed by atoms with E-state index in [4.69, 9.17) is 4.74 Å². The number of nitrogens with zero attached hydrogens (tertiary/aromatic N) is 3. The zero-order valence-corrected chi connectivity index (χ0v) is 15.7. The lowest BCUT2D eigenvalue weighted by molar-refractivity contribution is -0.126. The summed E-state index contributed by atoms with van der Waals surface area (Å²) in [6, 6.07) is 6.15. The minimum absolute atomic E-state index is 0.0506. The topological polar surface area (TPSA) is 65.1 Å². The van der Waals surface area contributed by atoms with Gasteiger partial charge in [0.15, 0.2) is 0 Å². The van der Waals surface area contributed by atoms with Crippen molar-refractivity contribution in [3.8, 4) is 0 Å². The zero-order valence-electron chi connectivity index (χ0n) is 15.7. The molecule has 0 radical (unpaired) electrons. The van der Waals surface area contributed by atoms with E-state index in [9.17, 15) is 14.0 Å². The number of hydrogen-bond acceptors (Lipinski definition) is 4. The van der Waals surface area contributed by atoms with Gasteiger partial charge in [-0.3, -0.25) is 9.69 Å². The van der Waals surface area contributed by atoms with E-state index in [1.165, 1.54) is 6.07 Å². The first-order valence-electron chi connectivity index (χ1n) is 9.43. The van der Waals surface area contributed by atoms with E-state index in [-0.39, 0.29) is 30.3 Å². The summed E-state index contributed by atoms with van der Waals surface area (Å²) in [4.78, 5) is 30.6. The number of urea groups is 1. The quantitative estimate of drug-likeness (QED) is 0.846. The minimum atomic E-state index is -0.322. The average Bonchev–Trinajstić information content (AvgIpc) is 2.72. The third kappa shape index (κ3) is 4.95. The second-order valence-corrected chi connectivity index (χ2v) is 6.89. The molecule has 1 N–H and O–H groups in total. The number of nitrogens with one attached hydrogen (secondary N) is 1. The lowest BCUT2D eigenvalue weighted by atomic mass is 10.2. The molecule has 0 saturated carbocycles. The molecule has 7 nitrogen and oxygen atoms in total. The van der Waals surface area contributed by atoms with Crippen LogP contribution in [0.1, 0.15) is 12.5 Å². The van der Waals surface area contributed by atoms with Gasteiger partial charge in [0.1, 0.15) is 5.82 Å². The lowest BCUT2D eigenvalue weighted by Crippen LogP contribution is -2.57. The molecule has 2 aliphatic heterocycles. The van der Waals surface area contributed by atoms with Gasteiger partial charge in [-0.1, -0.05) is 18.2 Å². The van der Waals surface area contributed by atoms with Crippen molar-refractivity contribution in [2.24, 2.45) is 0 Å². The van der Waals surface area contributed by atoms with Crippen LogP contribution >= 0.6 is 0 Å². The summed E-state index contributed by atoms with van der Waals surface area (Å²) < 4.78 is 18.9. The molecule has 148 valence electrons. The number of carbonyl (C=O) groups is 2. The Hall–Kier alpha value is -2.19. The summed E-state index contributed by atoms with van der Waals surface area (Å²) in [5.41, 5.74) is 0.471. The van der Waals surface area contributed by atoms with Gasteiger partial charge in [-0.05, 0) is 13.0 Å². The van der Waals surface area contributed by atoms with E-state index in [0.717, 1.165) is 0 Å². The van der Waals surface area contributed by atoms with Crippen molar-refractivity contribution in [2.45, 2.75) is 19.5 Å². The summed E-state index contributed by atoms with van der Waals surface area (Å²) >= 11 is 0. The van der Waals surface area contributed by atoms with E-state index in [1.54, 1.807) is 18.2 Å². The van der Waals surface area contributed by atoms with E-state index in [2.05, 4.69) is 10.2 Å². The average molecular weight is 378 g/mol. The number of amides is 3. The molecule has 0 aliphatic carbocycles. The molecule has 0 spiro atoms. The van der Waals surface area contributed by atoms with Gasteiger partial charge in [0, 0.05) is 51.4 Å². The molecule has 1 aromatic rings. The second kappa shape index (κ2) is 9.14. The number of halogens is 1. The first kappa shape index (κ1) is 19.6. The molecule has 2 fully saturated rings. The van der Waals surface area contributed by atoms with Crippen LogP contribution in [0.2, 0.25) is 0 Å². The van der Waals surface area contributed by atoms with Crippen LogP contribution in [0.15, 0.2) is 24.3 Å². The van der Waals surface area contributed by atoms with Crippen LogP contribution in [0.4, 0.5) is 9.18 Å². The highest BCUT2D eigenvalue weighted by molar-refractivity contribution is 5.81. The van der Waals surface area contributed by atoms with Gasteiger partial charge < -0.3 is 19.9 Å². The Morgan fingerprint density at radius 2 is 1.70 bits per heavy atom. The van der Waals surface area contributed by atoms with E-state index < -0.39 is 0 Å². The first-order chi connectivity index (χ1) is 13.1. The van der Waals surface area contributed by atoms with Crippen molar-refractivity contribution in [1.82, 2.24) is 20.0 Å². The SMILES string of the molecule is CC(C(=O)NCc1ccccc1F)N1CCN(C(=O)N2CCOCC2)CC1. The van der Waals surface area contributed by atoms with Crippen LogP contribution in [-0.2, 0) is 16.1 Å². The number of benzene rings is 1. The maximum absolute atomic E-state index is 13.7. The molecule has 3 amide bonds. The molecule has 2 aliphatic rings. The van der Waals surface area contributed by atoms with Gasteiger partial charge >= 0.3 is 6.03 Å². The highest BCUT2D eigenvalue weighted by atomic mass is 19.1. The molecular weight excluding hydrogens is 351 g/mol. The van der Waals surface area contributed by atoms with E-state index in [0.29, 0.717) is 58.0 Å². The van der Waals surface area contributed by atoms with Crippen molar-refractivity contribution in [3.63, 3.8) is 0 Å². The highest BCUT2D eigenvalue weighted by Crippen LogP contribution is 2.11. The fraction of sp³-hybridized carbons (Fsp3) is 0.579. The maximum Gasteiger partial charge on any atom is 0.320 e. The first-order valence-corrected chi connectivity index (χ1v) is 9.43. The van der Waals surface area contributed by atoms with Gasteiger partial charge in [-0.15, -0.1) is 0 Å². The second-order valence-electron chi connectivity index (χ2n) is 6.89. The van der Waals surface area contributed by atoms with Crippen LogP contribution in [0.25, 0.3) is 0 Å². The summed E-state index contributed by atoms with van der Waals surface area (Å²) in [6.45, 7) is 6.94. The fourth-order valence-electron chi connectivity index (χ4n) is 3.39. The molecule has 1 aromatic carbocycles. The van der Waals surface area contributed by atoms with Gasteiger partial charge in [0.25, 0.3) is 0 Å². The Labute approximate surface area is 159 Å². The largest absolute Gasteiger partial charge is 0.378 e. The van der Waals surface area contributed by atoms with Gasteiger partial charge in [0.2, 0.25) is 5.91 Å².